The predicted octanol–water partition coefficient (Wildman–Crippen LogP) is 1.34. The third-order valence-electron chi connectivity index (χ3n) is 4.55. The summed E-state index contributed by atoms with van der Waals surface area (Å²) in [6, 6.07) is 0. The predicted molar refractivity (Wildman–Crippen MR) is 55.8 cm³/mol. The Morgan fingerprint density at radius 2 is 2.29 bits per heavy atom. The molecule has 0 aromatic heterocycles. The van der Waals surface area contributed by atoms with E-state index in [0.29, 0.717) is 27.8 Å². The maximum Gasteiger partial charge on any atom is 0.312 e. The Morgan fingerprint density at radius 1 is 1.50 bits per heavy atom. The summed E-state index contributed by atoms with van der Waals surface area (Å²) in [5.41, 5.74) is 0. The SMILES string of the molecule is CC12OC(=O)[C@H]3[C@@H]4C[C@@H]([C@H](O1)[C@H]4I)[C@H]32. The fourth-order valence-corrected chi connectivity index (χ4v) is 5.60. The summed E-state index contributed by atoms with van der Waals surface area (Å²) in [4.78, 5) is 11.7. The molecule has 0 spiro atoms. The fraction of sp³-hybridized carbons (Fsp3) is 0.900. The third kappa shape index (κ3) is 0.653. The van der Waals surface area contributed by atoms with Gasteiger partial charge in [0.2, 0.25) is 5.79 Å². The summed E-state index contributed by atoms with van der Waals surface area (Å²) in [6.07, 6.45) is 1.53. The molecule has 1 unspecified atom stereocenters. The fourth-order valence-electron chi connectivity index (χ4n) is 4.18. The van der Waals surface area contributed by atoms with Crippen molar-refractivity contribution in [3.8, 4) is 0 Å². The Hall–Kier alpha value is 0.160. The van der Waals surface area contributed by atoms with Gasteiger partial charge in [-0.2, -0.15) is 0 Å². The van der Waals surface area contributed by atoms with E-state index in [2.05, 4.69) is 22.6 Å². The van der Waals surface area contributed by atoms with Gasteiger partial charge < -0.3 is 9.47 Å². The van der Waals surface area contributed by atoms with Crippen molar-refractivity contribution in [1.82, 2.24) is 0 Å². The van der Waals surface area contributed by atoms with E-state index in [0.717, 1.165) is 0 Å². The van der Waals surface area contributed by atoms with Gasteiger partial charge in [0.05, 0.1) is 12.0 Å². The number of ether oxygens (including phenoxy) is 2. The second-order valence-electron chi connectivity index (χ2n) is 5.08. The van der Waals surface area contributed by atoms with Crippen LogP contribution >= 0.6 is 22.6 Å². The summed E-state index contributed by atoms with van der Waals surface area (Å²) in [6.45, 7) is 1.94. The Bertz CT molecular complexity index is 344. The quantitative estimate of drug-likeness (QED) is 0.385. The Balaban J connectivity index is 1.92. The van der Waals surface area contributed by atoms with Crippen LogP contribution in [0.4, 0.5) is 0 Å². The summed E-state index contributed by atoms with van der Waals surface area (Å²) < 4.78 is 11.9. The van der Waals surface area contributed by atoms with Gasteiger partial charge in [-0.1, -0.05) is 22.6 Å². The zero-order valence-electron chi connectivity index (χ0n) is 7.77. The maximum atomic E-state index is 11.7. The van der Waals surface area contributed by atoms with Gasteiger partial charge in [-0.25, -0.2) is 0 Å². The standard InChI is InChI=1S/C10H11IO3/c1-10-6-4-2-3(5(6)9(12)14-10)7(11)8(4)13-10/h3-8H,2H2,1H3/t3-,4+,5-,6+,7-,8-,10?/m0/s1. The highest BCUT2D eigenvalue weighted by molar-refractivity contribution is 14.1. The van der Waals surface area contributed by atoms with Crippen molar-refractivity contribution in [2.75, 3.05) is 0 Å². The monoisotopic (exact) mass is 306 g/mol. The second kappa shape index (κ2) is 2.14. The Labute approximate surface area is 95.7 Å². The van der Waals surface area contributed by atoms with Crippen molar-refractivity contribution in [3.63, 3.8) is 0 Å². The molecule has 0 aromatic carbocycles. The van der Waals surface area contributed by atoms with E-state index in [-0.39, 0.29) is 11.9 Å². The van der Waals surface area contributed by atoms with Crippen molar-refractivity contribution in [2.45, 2.75) is 29.2 Å². The zero-order chi connectivity index (χ0) is 9.66. The number of halogens is 1. The van der Waals surface area contributed by atoms with Crippen LogP contribution in [0.3, 0.4) is 0 Å². The molecule has 3 nitrogen and oxygen atoms in total. The molecule has 0 radical (unpaired) electrons. The van der Waals surface area contributed by atoms with Crippen LogP contribution in [0.5, 0.6) is 0 Å². The molecule has 2 saturated heterocycles. The van der Waals surface area contributed by atoms with E-state index in [1.165, 1.54) is 6.42 Å². The molecule has 7 atom stereocenters. The number of alkyl halides is 1. The molecule has 0 aromatic rings. The average Bonchev–Trinajstić information content (AvgIpc) is 2.72. The molecule has 4 aliphatic rings. The van der Waals surface area contributed by atoms with E-state index < -0.39 is 5.79 Å². The van der Waals surface area contributed by atoms with Crippen molar-refractivity contribution < 1.29 is 14.3 Å². The van der Waals surface area contributed by atoms with E-state index >= 15 is 0 Å². The molecule has 4 heteroatoms. The van der Waals surface area contributed by atoms with Gasteiger partial charge >= 0.3 is 5.97 Å². The first-order chi connectivity index (χ1) is 6.62. The molecule has 2 aliphatic heterocycles. The van der Waals surface area contributed by atoms with Crippen LogP contribution in [0.25, 0.3) is 0 Å². The van der Waals surface area contributed by atoms with Gasteiger partial charge in [-0.3, -0.25) is 4.79 Å². The molecule has 76 valence electrons. The Morgan fingerprint density at radius 3 is 3.07 bits per heavy atom. The van der Waals surface area contributed by atoms with Crippen LogP contribution in [0.2, 0.25) is 0 Å². The van der Waals surface area contributed by atoms with E-state index in [1.807, 2.05) is 6.92 Å². The zero-order valence-corrected chi connectivity index (χ0v) is 9.93. The Kier molecular flexibility index (Phi) is 1.27. The number of esters is 1. The first-order valence-corrected chi connectivity index (χ1v) is 6.41. The highest BCUT2D eigenvalue weighted by Gasteiger charge is 2.75. The molecule has 4 rings (SSSR count). The van der Waals surface area contributed by atoms with Crippen LogP contribution < -0.4 is 0 Å². The molecule has 0 amide bonds. The molecule has 2 heterocycles. The second-order valence-corrected chi connectivity index (χ2v) is 6.52. The molecule has 4 fully saturated rings. The van der Waals surface area contributed by atoms with E-state index in [1.54, 1.807) is 0 Å². The lowest BCUT2D eigenvalue weighted by Crippen LogP contribution is -2.35. The third-order valence-corrected chi connectivity index (χ3v) is 6.18. The molecule has 14 heavy (non-hydrogen) atoms. The number of hydrogen-bond acceptors (Lipinski definition) is 3. The van der Waals surface area contributed by atoms with Gasteiger partial charge in [0.1, 0.15) is 0 Å². The van der Waals surface area contributed by atoms with E-state index in [4.69, 9.17) is 9.47 Å². The maximum absolute atomic E-state index is 11.7. The summed E-state index contributed by atoms with van der Waals surface area (Å²) in [5.74, 6) is 1.02. The minimum Gasteiger partial charge on any atom is -0.433 e. The number of carbonyl (C=O) groups is 1. The number of fused-ring (bicyclic) bond motifs is 2. The number of hydrogen-bond donors (Lipinski definition) is 0. The largest absolute Gasteiger partial charge is 0.433 e. The molecule has 2 saturated carbocycles. The van der Waals surface area contributed by atoms with Crippen molar-refractivity contribution in [1.29, 1.82) is 0 Å². The highest BCUT2D eigenvalue weighted by atomic mass is 127. The summed E-state index contributed by atoms with van der Waals surface area (Å²) in [5, 5.41) is 0. The summed E-state index contributed by atoms with van der Waals surface area (Å²) >= 11 is 2.46. The average molecular weight is 306 g/mol. The molecule has 2 bridgehead atoms. The minimum absolute atomic E-state index is 0.00943. The lowest BCUT2D eigenvalue weighted by Gasteiger charge is -2.26. The van der Waals surface area contributed by atoms with Gasteiger partial charge in [-0.05, 0) is 18.3 Å². The van der Waals surface area contributed by atoms with Crippen molar-refractivity contribution in [3.05, 3.63) is 0 Å². The van der Waals surface area contributed by atoms with Gasteiger partial charge in [0.25, 0.3) is 0 Å². The lowest BCUT2D eigenvalue weighted by molar-refractivity contribution is -0.206. The van der Waals surface area contributed by atoms with Crippen LogP contribution in [-0.2, 0) is 14.3 Å². The molecule has 0 N–H and O–H groups in total. The van der Waals surface area contributed by atoms with Gasteiger partial charge in [-0.15, -0.1) is 0 Å². The highest BCUT2D eigenvalue weighted by Crippen LogP contribution is 2.68. The van der Waals surface area contributed by atoms with Crippen LogP contribution in [0.15, 0.2) is 0 Å². The first-order valence-electron chi connectivity index (χ1n) is 5.16. The van der Waals surface area contributed by atoms with Gasteiger partial charge in [0.15, 0.2) is 0 Å². The molecular weight excluding hydrogens is 295 g/mol. The smallest absolute Gasteiger partial charge is 0.312 e. The number of carbonyl (C=O) groups excluding carboxylic acids is 1. The normalized spacial score (nSPS) is 67.7. The first kappa shape index (κ1) is 8.33. The van der Waals surface area contributed by atoms with Crippen LogP contribution in [0.1, 0.15) is 13.3 Å². The van der Waals surface area contributed by atoms with Crippen LogP contribution in [-0.4, -0.2) is 21.8 Å². The van der Waals surface area contributed by atoms with Gasteiger partial charge in [0, 0.05) is 16.8 Å². The topological polar surface area (TPSA) is 35.5 Å². The number of rotatable bonds is 0. The molecule has 2 aliphatic carbocycles. The molecular formula is C10H11IO3. The van der Waals surface area contributed by atoms with E-state index in [9.17, 15) is 4.79 Å². The summed E-state index contributed by atoms with van der Waals surface area (Å²) in [7, 11) is 0. The van der Waals surface area contributed by atoms with Crippen LogP contribution in [0, 0.1) is 23.7 Å². The lowest BCUT2D eigenvalue weighted by atomic mass is 9.79. The van der Waals surface area contributed by atoms with Crippen molar-refractivity contribution in [2.24, 2.45) is 23.7 Å². The van der Waals surface area contributed by atoms with Crippen molar-refractivity contribution >= 4 is 28.6 Å². The minimum atomic E-state index is -0.578.